The van der Waals surface area contributed by atoms with Gasteiger partial charge in [-0.15, -0.1) is 0 Å². The Hall–Kier alpha value is -2.57. The average Bonchev–Trinajstić information content (AvgIpc) is 2.82. The zero-order chi connectivity index (χ0) is 19.6. The fourth-order valence-electron chi connectivity index (χ4n) is 3.48. The molecule has 0 radical (unpaired) electrons. The molecule has 1 atom stereocenters. The van der Waals surface area contributed by atoms with Gasteiger partial charge in [0.2, 0.25) is 0 Å². The number of carbonyl (C=O) groups is 3. The van der Waals surface area contributed by atoms with Gasteiger partial charge in [0.25, 0.3) is 5.91 Å². The molecule has 4 amide bonds. The number of carbonyl (C=O) groups excluding carboxylic acids is 3. The molecule has 1 aromatic carbocycles. The Bertz CT molecular complexity index is 698. The largest absolute Gasteiger partial charge is 0.444 e. The first-order valence-electron chi connectivity index (χ1n) is 9.42. The number of hydrogen-bond donors (Lipinski definition) is 1. The van der Waals surface area contributed by atoms with Crippen molar-refractivity contribution in [3.05, 3.63) is 35.4 Å². The maximum atomic E-state index is 12.7. The number of nitrogens with zero attached hydrogens (tertiary/aromatic N) is 2. The second kappa shape index (κ2) is 7.58. The first-order valence-corrected chi connectivity index (χ1v) is 9.42. The second-order valence-electron chi connectivity index (χ2n) is 8.02. The quantitative estimate of drug-likeness (QED) is 0.636. The molecule has 0 spiro atoms. The van der Waals surface area contributed by atoms with Crippen molar-refractivity contribution < 1.29 is 19.1 Å². The van der Waals surface area contributed by atoms with Crippen LogP contribution >= 0.6 is 0 Å². The SMILES string of the molecule is CC(C)(C)OC(=O)NCCCCN1C(=O)[C@@H]2Cc3ccccc3CN2C1=O. The lowest BCUT2D eigenvalue weighted by Gasteiger charge is -2.28. The van der Waals surface area contributed by atoms with Gasteiger partial charge in [-0.25, -0.2) is 9.59 Å². The van der Waals surface area contributed by atoms with E-state index in [1.54, 1.807) is 4.90 Å². The first-order chi connectivity index (χ1) is 12.8. The summed E-state index contributed by atoms with van der Waals surface area (Å²) < 4.78 is 5.17. The van der Waals surface area contributed by atoms with E-state index in [1.807, 2.05) is 45.0 Å². The number of hydrogen-bond acceptors (Lipinski definition) is 4. The fraction of sp³-hybridized carbons (Fsp3) is 0.550. The van der Waals surface area contributed by atoms with Crippen molar-refractivity contribution in [2.24, 2.45) is 0 Å². The van der Waals surface area contributed by atoms with Gasteiger partial charge < -0.3 is 15.0 Å². The van der Waals surface area contributed by atoms with E-state index >= 15 is 0 Å². The zero-order valence-corrected chi connectivity index (χ0v) is 16.2. The van der Waals surface area contributed by atoms with Crippen LogP contribution in [0.15, 0.2) is 24.3 Å². The van der Waals surface area contributed by atoms with Gasteiger partial charge >= 0.3 is 12.1 Å². The molecule has 7 heteroatoms. The van der Waals surface area contributed by atoms with Crippen molar-refractivity contribution in [1.82, 2.24) is 15.1 Å². The van der Waals surface area contributed by atoms with Crippen molar-refractivity contribution in [3.63, 3.8) is 0 Å². The fourth-order valence-corrected chi connectivity index (χ4v) is 3.48. The van der Waals surface area contributed by atoms with Crippen molar-refractivity contribution in [3.8, 4) is 0 Å². The van der Waals surface area contributed by atoms with Gasteiger partial charge in [0, 0.05) is 26.1 Å². The van der Waals surface area contributed by atoms with Crippen LogP contribution in [0.4, 0.5) is 9.59 Å². The highest BCUT2D eigenvalue weighted by atomic mass is 16.6. The van der Waals surface area contributed by atoms with E-state index in [0.29, 0.717) is 38.9 Å². The van der Waals surface area contributed by atoms with E-state index in [-0.39, 0.29) is 18.0 Å². The minimum absolute atomic E-state index is 0.116. The molecule has 2 heterocycles. The molecule has 1 aromatic rings. The van der Waals surface area contributed by atoms with Crippen LogP contribution in [0.3, 0.4) is 0 Å². The Morgan fingerprint density at radius 1 is 1.19 bits per heavy atom. The summed E-state index contributed by atoms with van der Waals surface area (Å²) in [5, 5.41) is 2.69. The van der Waals surface area contributed by atoms with Crippen molar-refractivity contribution in [2.75, 3.05) is 13.1 Å². The lowest BCUT2D eigenvalue weighted by Crippen LogP contribution is -2.39. The molecule has 1 N–H and O–H groups in total. The van der Waals surface area contributed by atoms with Crippen molar-refractivity contribution in [1.29, 1.82) is 0 Å². The summed E-state index contributed by atoms with van der Waals surface area (Å²) in [5.41, 5.74) is 1.72. The van der Waals surface area contributed by atoms with Crippen molar-refractivity contribution >= 4 is 18.0 Å². The number of amides is 4. The Kier molecular flexibility index (Phi) is 5.39. The molecular formula is C20H27N3O4. The molecular weight excluding hydrogens is 346 g/mol. The molecule has 0 aliphatic carbocycles. The molecule has 7 nitrogen and oxygen atoms in total. The predicted octanol–water partition coefficient (Wildman–Crippen LogP) is 2.68. The van der Waals surface area contributed by atoms with Crippen LogP contribution in [-0.2, 0) is 22.5 Å². The normalized spacial score (nSPS) is 19.0. The van der Waals surface area contributed by atoms with Crippen molar-refractivity contribution in [2.45, 2.75) is 58.2 Å². The van der Waals surface area contributed by atoms with E-state index in [0.717, 1.165) is 11.1 Å². The molecule has 27 heavy (non-hydrogen) atoms. The van der Waals surface area contributed by atoms with Crippen LogP contribution in [-0.4, -0.2) is 52.6 Å². The topological polar surface area (TPSA) is 79.0 Å². The number of rotatable bonds is 5. The minimum atomic E-state index is -0.527. The predicted molar refractivity (Wildman–Crippen MR) is 100 cm³/mol. The Balaban J connectivity index is 1.46. The number of benzene rings is 1. The molecule has 0 aromatic heterocycles. The van der Waals surface area contributed by atoms with Gasteiger partial charge in [-0.3, -0.25) is 9.69 Å². The maximum Gasteiger partial charge on any atom is 0.407 e. The number of ether oxygens (including phenoxy) is 1. The minimum Gasteiger partial charge on any atom is -0.444 e. The number of alkyl carbamates (subject to hydrolysis) is 1. The lowest BCUT2D eigenvalue weighted by atomic mass is 9.95. The third-order valence-electron chi connectivity index (χ3n) is 4.75. The Morgan fingerprint density at radius 3 is 2.59 bits per heavy atom. The van der Waals surface area contributed by atoms with Gasteiger partial charge in [-0.05, 0) is 44.7 Å². The van der Waals surface area contributed by atoms with Crippen LogP contribution in [0.25, 0.3) is 0 Å². The van der Waals surface area contributed by atoms with E-state index in [1.165, 1.54) is 4.90 Å². The Labute approximate surface area is 159 Å². The lowest BCUT2D eigenvalue weighted by molar-refractivity contribution is -0.128. The molecule has 2 aliphatic heterocycles. The Morgan fingerprint density at radius 2 is 1.89 bits per heavy atom. The summed E-state index contributed by atoms with van der Waals surface area (Å²) in [4.78, 5) is 39.9. The molecule has 3 rings (SSSR count). The molecule has 0 bridgehead atoms. The molecule has 1 fully saturated rings. The monoisotopic (exact) mass is 373 g/mol. The van der Waals surface area contributed by atoms with Gasteiger partial charge in [0.1, 0.15) is 11.6 Å². The average molecular weight is 373 g/mol. The first kappa shape index (κ1) is 19.2. The molecule has 146 valence electrons. The van der Waals surface area contributed by atoms with E-state index < -0.39 is 11.7 Å². The van der Waals surface area contributed by atoms with Crippen LogP contribution < -0.4 is 5.32 Å². The highest BCUT2D eigenvalue weighted by molar-refractivity contribution is 6.04. The third kappa shape index (κ3) is 4.40. The number of imide groups is 1. The number of urea groups is 1. The second-order valence-corrected chi connectivity index (χ2v) is 8.02. The summed E-state index contributed by atoms with van der Waals surface area (Å²) in [6.45, 7) is 6.74. The van der Waals surface area contributed by atoms with Crippen LogP contribution in [0.1, 0.15) is 44.7 Å². The van der Waals surface area contributed by atoms with Gasteiger partial charge in [0.15, 0.2) is 0 Å². The van der Waals surface area contributed by atoms with Gasteiger partial charge in [-0.2, -0.15) is 0 Å². The highest BCUT2D eigenvalue weighted by Crippen LogP contribution is 2.30. The van der Waals surface area contributed by atoms with Gasteiger partial charge in [-0.1, -0.05) is 24.3 Å². The summed E-state index contributed by atoms with van der Waals surface area (Å²) >= 11 is 0. The summed E-state index contributed by atoms with van der Waals surface area (Å²) in [7, 11) is 0. The standard InChI is InChI=1S/C20H27N3O4/c1-20(2,3)27-18(25)21-10-6-7-11-22-17(24)16-12-14-8-4-5-9-15(14)13-23(16)19(22)26/h4-5,8-9,16H,6-7,10-13H2,1-3H3,(H,21,25)/t16-/m0/s1. The number of nitrogens with one attached hydrogen (secondary N) is 1. The highest BCUT2D eigenvalue weighted by Gasteiger charge is 2.46. The molecule has 0 unspecified atom stereocenters. The molecule has 1 saturated heterocycles. The summed E-state index contributed by atoms with van der Waals surface area (Å²) in [5.74, 6) is -0.116. The van der Waals surface area contributed by atoms with Crippen LogP contribution in [0.5, 0.6) is 0 Å². The van der Waals surface area contributed by atoms with E-state index in [9.17, 15) is 14.4 Å². The van der Waals surface area contributed by atoms with Crippen LogP contribution in [0, 0.1) is 0 Å². The molecule has 0 saturated carbocycles. The van der Waals surface area contributed by atoms with Crippen LogP contribution in [0.2, 0.25) is 0 Å². The van der Waals surface area contributed by atoms with E-state index in [4.69, 9.17) is 4.74 Å². The number of unbranched alkanes of at least 4 members (excludes halogenated alkanes) is 1. The zero-order valence-electron chi connectivity index (χ0n) is 16.2. The van der Waals surface area contributed by atoms with Gasteiger partial charge in [0.05, 0.1) is 0 Å². The maximum absolute atomic E-state index is 12.7. The smallest absolute Gasteiger partial charge is 0.407 e. The van der Waals surface area contributed by atoms with E-state index in [2.05, 4.69) is 5.32 Å². The summed E-state index contributed by atoms with van der Waals surface area (Å²) in [6, 6.07) is 7.36. The molecule has 2 aliphatic rings. The third-order valence-corrected chi connectivity index (χ3v) is 4.75. The summed E-state index contributed by atoms with van der Waals surface area (Å²) in [6.07, 6.45) is 1.44. The number of fused-ring (bicyclic) bond motifs is 2.